The van der Waals surface area contributed by atoms with Crippen LogP contribution < -0.4 is 0 Å². The lowest BCUT2D eigenvalue weighted by Gasteiger charge is -2.12. The SMILES string of the molecule is CCOC(=O)c1ncc2cccn2c1-c1ccc(Cl)c(Cl)c1. The van der Waals surface area contributed by atoms with Crippen molar-refractivity contribution in [3.8, 4) is 11.3 Å². The molecule has 112 valence electrons. The summed E-state index contributed by atoms with van der Waals surface area (Å²) in [4.78, 5) is 16.5. The van der Waals surface area contributed by atoms with Crippen LogP contribution in [0, 0.1) is 0 Å². The maximum absolute atomic E-state index is 12.2. The Kier molecular flexibility index (Phi) is 4.05. The van der Waals surface area contributed by atoms with Gasteiger partial charge in [0.2, 0.25) is 0 Å². The van der Waals surface area contributed by atoms with Crippen molar-refractivity contribution in [2.45, 2.75) is 6.92 Å². The lowest BCUT2D eigenvalue weighted by atomic mass is 10.1. The highest BCUT2D eigenvalue weighted by molar-refractivity contribution is 6.42. The fourth-order valence-corrected chi connectivity index (χ4v) is 2.58. The van der Waals surface area contributed by atoms with Gasteiger partial charge in [0.1, 0.15) is 0 Å². The quantitative estimate of drug-likeness (QED) is 0.663. The summed E-state index contributed by atoms with van der Waals surface area (Å²) in [6, 6.07) is 8.99. The molecule has 0 saturated carbocycles. The van der Waals surface area contributed by atoms with Crippen LogP contribution in [0.2, 0.25) is 10.0 Å². The molecule has 2 aromatic heterocycles. The van der Waals surface area contributed by atoms with E-state index in [0.717, 1.165) is 11.1 Å². The monoisotopic (exact) mass is 334 g/mol. The number of nitrogens with zero attached hydrogens (tertiary/aromatic N) is 2. The van der Waals surface area contributed by atoms with E-state index in [-0.39, 0.29) is 12.3 Å². The van der Waals surface area contributed by atoms with Gasteiger partial charge < -0.3 is 9.14 Å². The summed E-state index contributed by atoms with van der Waals surface area (Å²) >= 11 is 12.1. The van der Waals surface area contributed by atoms with Gasteiger partial charge in [0, 0.05) is 11.8 Å². The van der Waals surface area contributed by atoms with Gasteiger partial charge in [-0.2, -0.15) is 0 Å². The molecule has 0 radical (unpaired) electrons. The number of esters is 1. The number of carbonyl (C=O) groups excluding carboxylic acids is 1. The molecule has 4 nitrogen and oxygen atoms in total. The molecule has 2 heterocycles. The Bertz CT molecular complexity index is 858. The average Bonchev–Trinajstić information content (AvgIpc) is 2.98. The van der Waals surface area contributed by atoms with E-state index >= 15 is 0 Å². The maximum Gasteiger partial charge on any atom is 0.359 e. The van der Waals surface area contributed by atoms with Crippen molar-refractivity contribution in [3.05, 3.63) is 58.5 Å². The van der Waals surface area contributed by atoms with E-state index in [9.17, 15) is 4.79 Å². The predicted octanol–water partition coefficient (Wildman–Crippen LogP) is 4.48. The van der Waals surface area contributed by atoms with Crippen molar-refractivity contribution in [2.75, 3.05) is 6.61 Å². The van der Waals surface area contributed by atoms with Crippen molar-refractivity contribution in [2.24, 2.45) is 0 Å². The van der Waals surface area contributed by atoms with Gasteiger partial charge in [-0.3, -0.25) is 0 Å². The normalized spacial score (nSPS) is 10.9. The molecule has 1 aromatic carbocycles. The van der Waals surface area contributed by atoms with E-state index in [1.807, 2.05) is 22.7 Å². The third-order valence-corrected chi connectivity index (χ3v) is 3.97. The number of carbonyl (C=O) groups is 1. The second-order valence-corrected chi connectivity index (χ2v) is 5.42. The van der Waals surface area contributed by atoms with Gasteiger partial charge in [-0.15, -0.1) is 0 Å². The second kappa shape index (κ2) is 5.99. The summed E-state index contributed by atoms with van der Waals surface area (Å²) in [5, 5.41) is 0.869. The van der Waals surface area contributed by atoms with Crippen molar-refractivity contribution in [1.82, 2.24) is 9.38 Å². The van der Waals surface area contributed by atoms with Gasteiger partial charge in [0.05, 0.1) is 34.1 Å². The molecule has 6 heteroatoms. The summed E-state index contributed by atoms with van der Waals surface area (Å²) in [6.07, 6.45) is 3.49. The highest BCUT2D eigenvalue weighted by Crippen LogP contribution is 2.30. The Hall–Kier alpha value is -2.04. The lowest BCUT2D eigenvalue weighted by molar-refractivity contribution is 0.0520. The number of aromatic nitrogens is 2. The zero-order valence-electron chi connectivity index (χ0n) is 11.7. The first kappa shape index (κ1) is 14.9. The van der Waals surface area contributed by atoms with Gasteiger partial charge in [0.25, 0.3) is 0 Å². The van der Waals surface area contributed by atoms with Crippen molar-refractivity contribution in [3.63, 3.8) is 0 Å². The predicted molar refractivity (Wildman–Crippen MR) is 86.6 cm³/mol. The number of benzene rings is 1. The summed E-state index contributed by atoms with van der Waals surface area (Å²) in [5.74, 6) is -0.473. The van der Waals surface area contributed by atoms with Crippen LogP contribution in [-0.2, 0) is 4.74 Å². The Balaban J connectivity index is 2.28. The number of hydrogen-bond donors (Lipinski definition) is 0. The minimum absolute atomic E-state index is 0.240. The smallest absolute Gasteiger partial charge is 0.359 e. The topological polar surface area (TPSA) is 43.6 Å². The molecule has 0 saturated heterocycles. The summed E-state index contributed by atoms with van der Waals surface area (Å²) in [7, 11) is 0. The number of fused-ring (bicyclic) bond motifs is 1. The first-order valence-electron chi connectivity index (χ1n) is 6.70. The molecule has 0 N–H and O–H groups in total. The molecule has 22 heavy (non-hydrogen) atoms. The summed E-state index contributed by atoms with van der Waals surface area (Å²) in [6.45, 7) is 2.04. The van der Waals surface area contributed by atoms with Crippen LogP contribution in [-0.4, -0.2) is 22.0 Å². The molecule has 0 bridgehead atoms. The summed E-state index contributed by atoms with van der Waals surface area (Å²) in [5.41, 5.74) is 2.48. The molecular weight excluding hydrogens is 323 g/mol. The highest BCUT2D eigenvalue weighted by Gasteiger charge is 2.19. The first-order chi connectivity index (χ1) is 10.6. The first-order valence-corrected chi connectivity index (χ1v) is 7.46. The number of ether oxygens (including phenoxy) is 1. The summed E-state index contributed by atoms with van der Waals surface area (Å²) < 4.78 is 6.97. The Morgan fingerprint density at radius 3 is 2.82 bits per heavy atom. The molecule has 0 amide bonds. The molecule has 0 aliphatic rings. The minimum Gasteiger partial charge on any atom is -0.461 e. The Morgan fingerprint density at radius 1 is 1.27 bits per heavy atom. The van der Waals surface area contributed by atoms with E-state index in [1.165, 1.54) is 0 Å². The van der Waals surface area contributed by atoms with Crippen LogP contribution >= 0.6 is 23.2 Å². The molecule has 0 fully saturated rings. The standard InChI is InChI=1S/C16H12Cl2N2O2/c1-2-22-16(21)14-15(10-5-6-12(17)13(18)8-10)20-7-3-4-11(20)9-19-14/h3-9H,2H2,1H3. The third-order valence-electron chi connectivity index (χ3n) is 3.23. The van der Waals surface area contributed by atoms with Crippen molar-refractivity contribution in [1.29, 1.82) is 0 Å². The maximum atomic E-state index is 12.2. The van der Waals surface area contributed by atoms with Crippen LogP contribution in [0.15, 0.2) is 42.7 Å². The van der Waals surface area contributed by atoms with E-state index < -0.39 is 5.97 Å². The van der Waals surface area contributed by atoms with Gasteiger partial charge >= 0.3 is 5.97 Å². The van der Waals surface area contributed by atoms with Crippen molar-refractivity contribution < 1.29 is 9.53 Å². The van der Waals surface area contributed by atoms with Crippen LogP contribution in [0.3, 0.4) is 0 Å². The number of rotatable bonds is 3. The van der Waals surface area contributed by atoms with Crippen LogP contribution in [0.4, 0.5) is 0 Å². The molecule has 0 unspecified atom stereocenters. The van der Waals surface area contributed by atoms with E-state index in [0.29, 0.717) is 15.7 Å². The lowest BCUT2D eigenvalue weighted by Crippen LogP contribution is -2.11. The largest absolute Gasteiger partial charge is 0.461 e. The van der Waals surface area contributed by atoms with Crippen LogP contribution in [0.25, 0.3) is 16.8 Å². The highest BCUT2D eigenvalue weighted by atomic mass is 35.5. The van der Waals surface area contributed by atoms with Gasteiger partial charge in [-0.05, 0) is 31.2 Å². The van der Waals surface area contributed by atoms with E-state index in [4.69, 9.17) is 27.9 Å². The molecule has 0 spiro atoms. The van der Waals surface area contributed by atoms with E-state index in [2.05, 4.69) is 4.98 Å². The van der Waals surface area contributed by atoms with Gasteiger partial charge in [-0.1, -0.05) is 29.3 Å². The van der Waals surface area contributed by atoms with Crippen molar-refractivity contribution >= 4 is 34.7 Å². The fourth-order valence-electron chi connectivity index (χ4n) is 2.28. The molecule has 3 rings (SSSR count). The zero-order valence-corrected chi connectivity index (χ0v) is 13.2. The number of hydrogen-bond acceptors (Lipinski definition) is 3. The molecule has 3 aromatic rings. The van der Waals surface area contributed by atoms with Gasteiger partial charge in [0.15, 0.2) is 5.69 Å². The van der Waals surface area contributed by atoms with Crippen LogP contribution in [0.1, 0.15) is 17.4 Å². The van der Waals surface area contributed by atoms with Gasteiger partial charge in [-0.25, -0.2) is 9.78 Å². The average molecular weight is 335 g/mol. The molecular formula is C16H12Cl2N2O2. The molecule has 0 atom stereocenters. The molecule has 0 aliphatic heterocycles. The number of halogens is 2. The second-order valence-electron chi connectivity index (χ2n) is 4.61. The third kappa shape index (κ3) is 2.56. The van der Waals surface area contributed by atoms with Crippen LogP contribution in [0.5, 0.6) is 0 Å². The Morgan fingerprint density at radius 2 is 2.09 bits per heavy atom. The van der Waals surface area contributed by atoms with E-state index in [1.54, 1.807) is 31.3 Å². The fraction of sp³-hybridized carbons (Fsp3) is 0.125. The Labute approximate surface area is 137 Å². The minimum atomic E-state index is -0.473. The molecule has 0 aliphatic carbocycles. The zero-order chi connectivity index (χ0) is 15.7.